The Morgan fingerprint density at radius 3 is 2.53 bits per heavy atom. The number of anilines is 1. The van der Waals surface area contributed by atoms with Crippen LogP contribution in [0.2, 0.25) is 5.02 Å². The predicted octanol–water partition coefficient (Wildman–Crippen LogP) is 8.79. The molecule has 2 unspecified atom stereocenters. The van der Waals surface area contributed by atoms with E-state index in [9.17, 15) is 27.8 Å². The van der Waals surface area contributed by atoms with E-state index in [1.807, 2.05) is 19.2 Å². The Kier molecular flexibility index (Phi) is 14.5. The molecule has 8 rings (SSSR count). The third-order valence-electron chi connectivity index (χ3n) is 13.0. The molecule has 2 saturated carbocycles. The number of fused-ring (bicyclic) bond motifs is 3. The summed E-state index contributed by atoms with van der Waals surface area (Å²) in [5.74, 6) is -3.14. The highest BCUT2D eigenvalue weighted by atomic mass is 35.5. The van der Waals surface area contributed by atoms with Gasteiger partial charge in [-0.15, -0.1) is 11.3 Å². The lowest BCUT2D eigenvalue weighted by Crippen LogP contribution is -2.58. The topological polar surface area (TPSA) is 191 Å². The fraction of sp³-hybridized carbons (Fsp3) is 0.543. The Bertz CT molecular complexity index is 2490. The van der Waals surface area contributed by atoms with Gasteiger partial charge in [0.1, 0.15) is 63.4 Å². The summed E-state index contributed by atoms with van der Waals surface area (Å²) in [5, 5.41) is 10.5. The second kappa shape index (κ2) is 19.9. The maximum absolute atomic E-state index is 15.0. The first-order valence-corrected chi connectivity index (χ1v) is 25.7. The number of hydrogen-bond donors (Lipinski definition) is 4. The monoisotopic (exact) mass is 972 g/mol. The van der Waals surface area contributed by atoms with Gasteiger partial charge in [0.2, 0.25) is 19.2 Å². The van der Waals surface area contributed by atoms with Crippen molar-refractivity contribution in [1.29, 1.82) is 0 Å². The number of alkyl carbamates (subject to hydrolysis) is 1. The summed E-state index contributed by atoms with van der Waals surface area (Å²) in [6, 6.07) is 5.88. The van der Waals surface area contributed by atoms with Crippen LogP contribution in [0.4, 0.5) is 18.7 Å². The van der Waals surface area contributed by atoms with Crippen LogP contribution in [-0.4, -0.2) is 99.6 Å². The van der Waals surface area contributed by atoms with E-state index in [4.69, 9.17) is 40.5 Å². The zero-order chi connectivity index (χ0) is 46.9. The first-order valence-electron chi connectivity index (χ1n) is 22.6. The molecule has 4 heterocycles. The maximum Gasteiger partial charge on any atom is 0.408 e. The average molecular weight is 973 g/mol. The van der Waals surface area contributed by atoms with Crippen molar-refractivity contribution in [2.75, 3.05) is 25.6 Å². The molecule has 2 aliphatic heterocycles. The van der Waals surface area contributed by atoms with Crippen molar-refractivity contribution in [3.05, 3.63) is 64.0 Å². The summed E-state index contributed by atoms with van der Waals surface area (Å²) in [6.07, 6.45) is 1.89. The van der Waals surface area contributed by atoms with Crippen LogP contribution in [0.15, 0.2) is 41.8 Å². The molecule has 0 radical (unpaired) electrons. The molecule has 4 aliphatic rings. The number of ether oxygens (including phenoxy) is 4. The standard InChI is InChI=1S/C46H56ClF2N6O9PS/c1-25(2)50-44-52-35(24-66-44)34-20-38(30-16-17-37(61-4)39(47)41(30)51-34)63-29-19-36-42(56)54-46(65(59,60)23-31-32(48)14-10-15-33(31)49)21-27(46)11-6-5-9-18-62-26(3)40(43(57)55(36)22-29)53-45(58)64-28-12-7-8-13-28/h10,14-17,20,24-29,36,40H,5-9,11-13,18-19,21-23H2,1-4H3,(H,50,52)(H,53,58)(H,54,56)(H,59,60)/t26?,27-,29+,36-,40-,46-/m0/s1. The summed E-state index contributed by atoms with van der Waals surface area (Å²) in [7, 11) is -3.10. The Morgan fingerprint density at radius 2 is 1.80 bits per heavy atom. The number of methoxy groups -OCH3 is 1. The van der Waals surface area contributed by atoms with Crippen molar-refractivity contribution >= 4 is 64.2 Å². The smallest absolute Gasteiger partial charge is 0.408 e. The Labute approximate surface area is 391 Å². The average Bonchev–Trinajstić information content (AvgIpc) is 3.69. The van der Waals surface area contributed by atoms with Gasteiger partial charge in [0.05, 0.1) is 37.1 Å². The van der Waals surface area contributed by atoms with Crippen LogP contribution in [0.25, 0.3) is 22.3 Å². The molecule has 356 valence electrons. The lowest BCUT2D eigenvalue weighted by Gasteiger charge is -2.33. The maximum atomic E-state index is 15.0. The molecule has 2 aromatic heterocycles. The molecule has 3 amide bonds. The van der Waals surface area contributed by atoms with Crippen LogP contribution in [0.1, 0.15) is 90.5 Å². The van der Waals surface area contributed by atoms with Gasteiger partial charge in [-0.05, 0) is 95.9 Å². The van der Waals surface area contributed by atoms with Crippen molar-refractivity contribution in [3.63, 3.8) is 0 Å². The normalized spacial score (nSPS) is 26.1. The fourth-order valence-corrected chi connectivity index (χ4v) is 13.1. The van der Waals surface area contributed by atoms with Gasteiger partial charge in [0, 0.05) is 41.5 Å². The number of rotatable bonds is 11. The third kappa shape index (κ3) is 10.1. The van der Waals surface area contributed by atoms with Gasteiger partial charge < -0.3 is 44.7 Å². The number of nitrogens with zero attached hydrogens (tertiary/aromatic N) is 3. The number of pyridine rings is 1. The summed E-state index contributed by atoms with van der Waals surface area (Å²) in [5.41, 5.74) is 0.795. The highest BCUT2D eigenvalue weighted by Crippen LogP contribution is 2.71. The molecule has 7 atom stereocenters. The van der Waals surface area contributed by atoms with Crippen LogP contribution in [0, 0.1) is 17.6 Å². The quantitative estimate of drug-likeness (QED) is 0.105. The van der Waals surface area contributed by atoms with Crippen molar-refractivity contribution < 1.29 is 51.6 Å². The number of hydrogen-bond acceptors (Lipinski definition) is 12. The lowest BCUT2D eigenvalue weighted by atomic mass is 10.1. The zero-order valence-corrected chi connectivity index (χ0v) is 39.8. The highest BCUT2D eigenvalue weighted by Gasteiger charge is 2.66. The number of halogens is 3. The van der Waals surface area contributed by atoms with Crippen LogP contribution >= 0.6 is 30.3 Å². The Morgan fingerprint density at radius 1 is 1.06 bits per heavy atom. The summed E-state index contributed by atoms with van der Waals surface area (Å²) in [6.45, 7) is 5.76. The minimum Gasteiger partial charge on any atom is -0.495 e. The molecule has 2 aliphatic carbocycles. The summed E-state index contributed by atoms with van der Waals surface area (Å²) < 4.78 is 68.7. The first-order chi connectivity index (χ1) is 31.6. The van der Waals surface area contributed by atoms with E-state index in [1.54, 1.807) is 25.1 Å². The van der Waals surface area contributed by atoms with E-state index in [0.717, 1.165) is 25.0 Å². The second-order valence-corrected chi connectivity index (χ2v) is 21.8. The molecular weight excluding hydrogens is 917 g/mol. The fourth-order valence-electron chi connectivity index (χ4n) is 9.43. The number of thiazole rings is 1. The molecule has 66 heavy (non-hydrogen) atoms. The van der Waals surface area contributed by atoms with Crippen molar-refractivity contribution in [3.8, 4) is 22.9 Å². The van der Waals surface area contributed by atoms with Gasteiger partial charge in [-0.2, -0.15) is 0 Å². The third-order valence-corrected chi connectivity index (χ3v) is 16.8. The van der Waals surface area contributed by atoms with Gasteiger partial charge in [0.25, 0.3) is 0 Å². The van der Waals surface area contributed by atoms with Crippen molar-refractivity contribution in [2.24, 2.45) is 5.92 Å². The van der Waals surface area contributed by atoms with Crippen LogP contribution in [0.5, 0.6) is 11.5 Å². The lowest BCUT2D eigenvalue weighted by molar-refractivity contribution is -0.143. The minimum absolute atomic E-state index is 0.0906. The van der Waals surface area contributed by atoms with Crippen LogP contribution < -0.4 is 25.4 Å². The molecule has 0 bridgehead atoms. The number of carbonyl (C=O) groups is 3. The van der Waals surface area contributed by atoms with E-state index in [-0.39, 0.29) is 43.2 Å². The molecule has 2 aromatic carbocycles. The number of aromatic nitrogens is 2. The number of carbonyl (C=O) groups excluding carboxylic acids is 3. The minimum atomic E-state index is -4.59. The molecule has 15 nitrogen and oxygen atoms in total. The number of nitrogens with one attached hydrogen (secondary N) is 3. The zero-order valence-electron chi connectivity index (χ0n) is 37.3. The molecule has 20 heteroatoms. The van der Waals surface area contributed by atoms with E-state index in [0.29, 0.717) is 77.4 Å². The van der Waals surface area contributed by atoms with E-state index in [1.165, 1.54) is 29.4 Å². The number of amides is 3. The Balaban J connectivity index is 1.16. The molecule has 4 aromatic rings. The first kappa shape index (κ1) is 47.9. The summed E-state index contributed by atoms with van der Waals surface area (Å²) in [4.78, 5) is 66.1. The molecular formula is C46H56ClF2N6O9PS. The van der Waals surface area contributed by atoms with Crippen LogP contribution in [-0.2, 0) is 29.8 Å². The van der Waals surface area contributed by atoms with Gasteiger partial charge in [-0.1, -0.05) is 30.5 Å². The van der Waals surface area contributed by atoms with Crippen molar-refractivity contribution in [2.45, 2.75) is 133 Å². The SMILES string of the molecule is COc1ccc2c(O[C@@H]3C[C@H]4C(=O)N[C@]5(P(=O)(O)Cc6c(F)cccc6F)C[C@@H]5CCCCCOC(C)[C@H](NC(=O)OC5CCCC5)C(=O)N4C3)cc(-c3csc(NC(C)C)n3)nc2c1Cl. The van der Waals surface area contributed by atoms with E-state index < -0.39 is 84.1 Å². The molecule has 0 spiro atoms. The summed E-state index contributed by atoms with van der Waals surface area (Å²) >= 11 is 8.27. The largest absolute Gasteiger partial charge is 0.495 e. The van der Waals surface area contributed by atoms with Crippen molar-refractivity contribution in [1.82, 2.24) is 25.5 Å². The van der Waals surface area contributed by atoms with Crippen LogP contribution in [0.3, 0.4) is 0 Å². The van der Waals surface area contributed by atoms with Gasteiger partial charge >= 0.3 is 6.09 Å². The predicted molar refractivity (Wildman–Crippen MR) is 246 cm³/mol. The van der Waals surface area contributed by atoms with Gasteiger partial charge in [-0.25, -0.2) is 23.5 Å². The van der Waals surface area contributed by atoms with E-state index >= 15 is 4.79 Å². The van der Waals surface area contributed by atoms with Gasteiger partial charge in [-0.3, -0.25) is 14.2 Å². The molecule has 4 N–H and O–H groups in total. The van der Waals surface area contributed by atoms with Gasteiger partial charge in [0.15, 0.2) is 5.13 Å². The highest BCUT2D eigenvalue weighted by molar-refractivity contribution is 7.59. The molecule has 2 saturated heterocycles. The van der Waals surface area contributed by atoms with E-state index in [2.05, 4.69) is 16.0 Å². The Hall–Kier alpha value is -4.61. The second-order valence-electron chi connectivity index (χ2n) is 18.0. The number of benzene rings is 2. The molecule has 4 fully saturated rings.